The van der Waals surface area contributed by atoms with Gasteiger partial charge in [-0.05, 0) is 99.8 Å². The molecule has 0 aliphatic rings. The molecule has 0 bridgehead atoms. The lowest BCUT2D eigenvalue weighted by Gasteiger charge is -2.16. The smallest absolute Gasteiger partial charge is 0.0891 e. The molecule has 0 unspecified atom stereocenters. The van der Waals surface area contributed by atoms with E-state index >= 15 is 0 Å². The maximum absolute atomic E-state index is 10.7. The van der Waals surface area contributed by atoms with Gasteiger partial charge in [0, 0.05) is 46.2 Å². The lowest BCUT2D eigenvalue weighted by Crippen LogP contribution is -2.24. The van der Waals surface area contributed by atoms with Crippen molar-refractivity contribution in [2.75, 3.05) is 11.9 Å². The van der Waals surface area contributed by atoms with Crippen molar-refractivity contribution in [3.8, 4) is 0 Å². The van der Waals surface area contributed by atoms with Gasteiger partial charge in [0.2, 0.25) is 0 Å². The van der Waals surface area contributed by atoms with Crippen LogP contribution in [0.3, 0.4) is 0 Å². The van der Waals surface area contributed by atoms with Crippen LogP contribution < -0.4 is 5.32 Å². The fourth-order valence-corrected chi connectivity index (χ4v) is 4.53. The Bertz CT molecular complexity index is 1070. The summed E-state index contributed by atoms with van der Waals surface area (Å²) in [5, 5.41) is 17.1. The summed E-state index contributed by atoms with van der Waals surface area (Å²) >= 11 is 10.7. The van der Waals surface area contributed by atoms with Crippen LogP contribution in [0.5, 0.6) is 0 Å². The number of aliphatic hydroxyl groups excluding tert-OH is 1. The van der Waals surface area contributed by atoms with E-state index < -0.39 is 6.10 Å². The van der Waals surface area contributed by atoms with Crippen molar-refractivity contribution in [2.45, 2.75) is 12.6 Å². The number of fused-ring (bicyclic) bond motifs is 3. The van der Waals surface area contributed by atoms with Gasteiger partial charge in [-0.15, -0.1) is 0 Å². The van der Waals surface area contributed by atoms with Crippen LogP contribution in [0.2, 0.25) is 5.02 Å². The maximum Gasteiger partial charge on any atom is 0.0891 e. The third-order valence-corrected chi connectivity index (χ3v) is 6.13. The fraction of sp³-hybridized carbons (Fsp3) is 0.143. The van der Waals surface area contributed by atoms with E-state index in [1.807, 2.05) is 24.3 Å². The molecule has 1 atom stereocenters. The number of aromatic nitrogens is 1. The van der Waals surface area contributed by atoms with Crippen molar-refractivity contribution in [2.24, 2.45) is 0 Å². The van der Waals surface area contributed by atoms with Gasteiger partial charge in [-0.25, -0.2) is 0 Å². The van der Waals surface area contributed by atoms with Gasteiger partial charge in [-0.1, -0.05) is 17.7 Å². The second kappa shape index (κ2) is 8.14. The second-order valence-corrected chi connectivity index (χ2v) is 9.41. The summed E-state index contributed by atoms with van der Waals surface area (Å²) in [6, 6.07) is 20.5. The zero-order valence-corrected chi connectivity index (χ0v) is 19.4. The van der Waals surface area contributed by atoms with Crippen LogP contribution in [0.25, 0.3) is 21.8 Å². The van der Waals surface area contributed by atoms with Crippen LogP contribution >= 0.6 is 56.8 Å². The largest absolute Gasteiger partial charge is 0.389 e. The summed E-state index contributed by atoms with van der Waals surface area (Å²) in [7, 11) is 0. The topological polar surface area (TPSA) is 37.2 Å². The molecule has 0 spiro atoms. The van der Waals surface area contributed by atoms with Crippen molar-refractivity contribution in [1.29, 1.82) is 0 Å². The van der Waals surface area contributed by atoms with Gasteiger partial charge >= 0.3 is 0 Å². The Labute approximate surface area is 190 Å². The van der Waals surface area contributed by atoms with Crippen LogP contribution in [0.15, 0.2) is 60.7 Å². The number of halogens is 3. The lowest BCUT2D eigenvalue weighted by atomic mass is 10.2. The lowest BCUT2D eigenvalue weighted by molar-refractivity contribution is 0.169. The monoisotopic (exact) mass is 602 g/mol. The van der Waals surface area contributed by atoms with Gasteiger partial charge in [-0.3, -0.25) is 0 Å². The van der Waals surface area contributed by atoms with Crippen LogP contribution in [-0.4, -0.2) is 22.3 Å². The van der Waals surface area contributed by atoms with Crippen molar-refractivity contribution >= 4 is 84.3 Å². The van der Waals surface area contributed by atoms with E-state index in [2.05, 4.69) is 91.5 Å². The first-order valence-electron chi connectivity index (χ1n) is 8.56. The quantitative estimate of drug-likeness (QED) is 0.270. The Morgan fingerprint density at radius 2 is 1.56 bits per heavy atom. The van der Waals surface area contributed by atoms with Gasteiger partial charge in [0.05, 0.1) is 12.6 Å². The Morgan fingerprint density at radius 3 is 2.15 bits per heavy atom. The number of rotatable bonds is 5. The molecule has 0 aliphatic heterocycles. The highest BCUT2D eigenvalue weighted by atomic mass is 127. The highest BCUT2D eigenvalue weighted by Crippen LogP contribution is 2.31. The summed E-state index contributed by atoms with van der Waals surface area (Å²) in [6.07, 6.45) is -0.527. The predicted octanol–water partition coefficient (Wildman–Crippen LogP) is 6.13. The molecule has 0 saturated carbocycles. The zero-order valence-electron chi connectivity index (χ0n) is 14.3. The Morgan fingerprint density at radius 1 is 0.926 bits per heavy atom. The van der Waals surface area contributed by atoms with E-state index in [9.17, 15) is 5.11 Å². The summed E-state index contributed by atoms with van der Waals surface area (Å²) < 4.78 is 4.63. The third kappa shape index (κ3) is 4.21. The first-order valence-corrected chi connectivity index (χ1v) is 11.1. The van der Waals surface area contributed by atoms with E-state index in [1.165, 1.54) is 17.9 Å². The average Bonchev–Trinajstić information content (AvgIpc) is 2.92. The SMILES string of the molecule is O[C@H](CNc1cccc(Cl)c1)Cn1c2ccc(I)cc2c2cc(I)ccc21. The molecule has 0 saturated heterocycles. The number of anilines is 1. The van der Waals surface area contributed by atoms with Crippen LogP contribution in [0.1, 0.15) is 0 Å². The molecule has 27 heavy (non-hydrogen) atoms. The number of aliphatic hydroxyl groups is 1. The van der Waals surface area contributed by atoms with Crippen LogP contribution in [0, 0.1) is 7.14 Å². The fourth-order valence-electron chi connectivity index (χ4n) is 3.35. The molecule has 4 rings (SSSR count). The number of nitrogens with zero attached hydrogens (tertiary/aromatic N) is 1. The first kappa shape index (κ1) is 19.3. The maximum atomic E-state index is 10.7. The third-order valence-electron chi connectivity index (χ3n) is 4.55. The van der Waals surface area contributed by atoms with Gasteiger partial charge < -0.3 is 15.0 Å². The van der Waals surface area contributed by atoms with Crippen molar-refractivity contribution in [1.82, 2.24) is 4.57 Å². The van der Waals surface area contributed by atoms with Crippen molar-refractivity contribution < 1.29 is 5.11 Å². The average molecular weight is 603 g/mol. The summed E-state index contributed by atoms with van der Waals surface area (Å²) in [5.41, 5.74) is 3.20. The molecule has 1 heterocycles. The van der Waals surface area contributed by atoms with E-state index in [0.717, 1.165) is 16.7 Å². The molecule has 0 fully saturated rings. The number of hydrogen-bond donors (Lipinski definition) is 2. The number of benzene rings is 3. The Kier molecular flexibility index (Phi) is 5.82. The number of nitrogens with one attached hydrogen (secondary N) is 1. The van der Waals surface area contributed by atoms with Crippen LogP contribution in [0.4, 0.5) is 5.69 Å². The van der Waals surface area contributed by atoms with E-state index in [-0.39, 0.29) is 0 Å². The molecule has 0 aliphatic carbocycles. The molecule has 4 aromatic rings. The van der Waals surface area contributed by atoms with Crippen molar-refractivity contribution in [3.05, 3.63) is 72.8 Å². The van der Waals surface area contributed by atoms with Gasteiger partial charge in [0.15, 0.2) is 0 Å². The molecule has 1 aromatic heterocycles. The summed E-state index contributed by atoms with van der Waals surface area (Å²) in [5.74, 6) is 0. The number of hydrogen-bond acceptors (Lipinski definition) is 2. The van der Waals surface area contributed by atoms with Gasteiger partial charge in [0.1, 0.15) is 0 Å². The molecule has 6 heteroatoms. The van der Waals surface area contributed by atoms with Crippen LogP contribution in [-0.2, 0) is 6.54 Å². The molecule has 0 amide bonds. The second-order valence-electron chi connectivity index (χ2n) is 6.48. The highest BCUT2D eigenvalue weighted by molar-refractivity contribution is 14.1. The minimum absolute atomic E-state index is 0.455. The highest BCUT2D eigenvalue weighted by Gasteiger charge is 2.14. The van der Waals surface area contributed by atoms with E-state index in [0.29, 0.717) is 18.1 Å². The van der Waals surface area contributed by atoms with Gasteiger partial charge in [-0.2, -0.15) is 0 Å². The molecule has 2 N–H and O–H groups in total. The minimum Gasteiger partial charge on any atom is -0.389 e. The predicted molar refractivity (Wildman–Crippen MR) is 131 cm³/mol. The van der Waals surface area contributed by atoms with Crippen molar-refractivity contribution in [3.63, 3.8) is 0 Å². The van der Waals surface area contributed by atoms with E-state index in [1.54, 1.807) is 0 Å². The molecule has 0 radical (unpaired) electrons. The first-order chi connectivity index (χ1) is 13.0. The molecular weight excluding hydrogens is 586 g/mol. The Balaban J connectivity index is 1.64. The van der Waals surface area contributed by atoms with E-state index in [4.69, 9.17) is 11.6 Å². The molecule has 3 aromatic carbocycles. The van der Waals surface area contributed by atoms with Gasteiger partial charge in [0.25, 0.3) is 0 Å². The summed E-state index contributed by atoms with van der Waals surface area (Å²) in [4.78, 5) is 0. The standard InChI is InChI=1S/C21H17ClI2N2O/c22-13-2-1-3-16(8-13)25-11-17(27)12-26-20-6-4-14(23)9-18(20)19-10-15(24)5-7-21(19)26/h1-10,17,25,27H,11-12H2/t17-/m1/s1. The molecular formula is C21H17ClI2N2O. The zero-order chi connectivity index (χ0) is 19.0. The normalized spacial score (nSPS) is 12.6. The minimum atomic E-state index is -0.527. The Hall–Kier alpha value is -1.03. The molecule has 3 nitrogen and oxygen atoms in total. The summed E-state index contributed by atoms with van der Waals surface area (Å²) in [6.45, 7) is 0.977. The molecule has 138 valence electrons.